The van der Waals surface area contributed by atoms with Gasteiger partial charge in [-0.1, -0.05) is 30.3 Å². The van der Waals surface area contributed by atoms with Crippen molar-refractivity contribution in [1.82, 2.24) is 15.0 Å². The van der Waals surface area contributed by atoms with Crippen LogP contribution in [0.15, 0.2) is 90.0 Å². The van der Waals surface area contributed by atoms with Crippen LogP contribution in [-0.4, -0.2) is 41.4 Å². The van der Waals surface area contributed by atoms with Gasteiger partial charge in [-0.3, -0.25) is 4.79 Å². The van der Waals surface area contributed by atoms with Gasteiger partial charge in [-0.05, 0) is 62.4 Å². The Hall–Kier alpha value is -4.68. The van der Waals surface area contributed by atoms with Crippen LogP contribution in [-0.2, 0) is 19.6 Å². The molecular formula is C28H23N5O5S2. The van der Waals surface area contributed by atoms with Crippen LogP contribution in [0.2, 0.25) is 0 Å². The second-order valence-corrected chi connectivity index (χ2v) is 11.4. The lowest BCUT2D eigenvalue weighted by Gasteiger charge is -2.15. The molecule has 12 heteroatoms. The largest absolute Gasteiger partial charge is 0.449 e. The Morgan fingerprint density at radius 1 is 0.925 bits per heavy atom. The number of esters is 1. The van der Waals surface area contributed by atoms with E-state index >= 15 is 0 Å². The minimum Gasteiger partial charge on any atom is -0.449 e. The molecule has 40 heavy (non-hydrogen) atoms. The molecule has 5 aromatic rings. The van der Waals surface area contributed by atoms with Crippen LogP contribution in [0.5, 0.6) is 0 Å². The van der Waals surface area contributed by atoms with Gasteiger partial charge in [0.05, 0.1) is 20.7 Å². The Kier molecular flexibility index (Phi) is 7.54. The summed E-state index contributed by atoms with van der Waals surface area (Å²) in [4.78, 5) is 38.3. The first-order valence-electron chi connectivity index (χ1n) is 12.1. The third-order valence-corrected chi connectivity index (χ3v) is 8.19. The van der Waals surface area contributed by atoms with E-state index in [0.29, 0.717) is 27.5 Å². The number of para-hydroxylation sites is 1. The fraction of sp³-hybridized carbons (Fsp3) is 0.107. The number of fused-ring (bicyclic) bond motifs is 1. The maximum Gasteiger partial charge on any atom is 0.339 e. The Balaban J connectivity index is 1.24. The fourth-order valence-corrected chi connectivity index (χ4v) is 5.71. The van der Waals surface area contributed by atoms with E-state index in [9.17, 15) is 18.0 Å². The summed E-state index contributed by atoms with van der Waals surface area (Å²) in [6.07, 6.45) is 0.325. The highest BCUT2D eigenvalue weighted by Gasteiger charge is 2.23. The summed E-state index contributed by atoms with van der Waals surface area (Å²) in [6.45, 7) is 3.18. The van der Waals surface area contributed by atoms with Crippen molar-refractivity contribution in [1.29, 1.82) is 0 Å². The molecular weight excluding hydrogens is 550 g/mol. The third-order valence-electron chi connectivity index (χ3n) is 5.78. The molecule has 0 saturated heterocycles. The number of anilines is 2. The molecule has 1 amide bonds. The summed E-state index contributed by atoms with van der Waals surface area (Å²) in [5.74, 6) is -1.28. The van der Waals surface area contributed by atoms with Gasteiger partial charge in [-0.15, -0.1) is 11.3 Å². The standard InChI is InChI=1S/C28H23N5O5S2/c1-17-15-16-29-28(30-17)33-40(36,37)20-13-11-19(12-14-20)31-25(34)18(2)38-27(35)22-8-4-3-7-21(22)26-32-23-9-5-6-10-24(23)39-26/h3-16,18H,1-2H3,(H,31,34)(H,29,30,33). The molecule has 0 bridgehead atoms. The van der Waals surface area contributed by atoms with Gasteiger partial charge in [0.2, 0.25) is 5.95 Å². The summed E-state index contributed by atoms with van der Waals surface area (Å²) >= 11 is 1.46. The van der Waals surface area contributed by atoms with Gasteiger partial charge in [0.1, 0.15) is 5.01 Å². The molecule has 0 saturated carbocycles. The van der Waals surface area contributed by atoms with Crippen molar-refractivity contribution in [3.63, 3.8) is 0 Å². The number of ether oxygens (including phenoxy) is 1. The quantitative estimate of drug-likeness (QED) is 0.246. The van der Waals surface area contributed by atoms with Crippen LogP contribution in [0, 0.1) is 6.92 Å². The molecule has 2 aromatic heterocycles. The van der Waals surface area contributed by atoms with Gasteiger partial charge < -0.3 is 10.1 Å². The summed E-state index contributed by atoms with van der Waals surface area (Å²) < 4.78 is 34.1. The lowest BCUT2D eigenvalue weighted by atomic mass is 10.1. The zero-order chi connectivity index (χ0) is 28.3. The minimum absolute atomic E-state index is 0.0402. The van der Waals surface area contributed by atoms with Crippen LogP contribution in [0.25, 0.3) is 20.8 Å². The lowest BCUT2D eigenvalue weighted by molar-refractivity contribution is -0.123. The number of thiazole rings is 1. The zero-order valence-corrected chi connectivity index (χ0v) is 23.0. The number of sulfonamides is 1. The maximum absolute atomic E-state index is 13.0. The first-order valence-corrected chi connectivity index (χ1v) is 14.4. The molecule has 0 aliphatic carbocycles. The normalized spacial score (nSPS) is 12.1. The van der Waals surface area contributed by atoms with Crippen LogP contribution < -0.4 is 10.0 Å². The topological polar surface area (TPSA) is 140 Å². The van der Waals surface area contributed by atoms with E-state index in [1.165, 1.54) is 48.7 Å². The average molecular weight is 574 g/mol. The Morgan fingerprint density at radius 3 is 2.40 bits per heavy atom. The Morgan fingerprint density at radius 2 is 1.65 bits per heavy atom. The highest BCUT2D eigenvalue weighted by atomic mass is 32.2. The van der Waals surface area contributed by atoms with Crippen LogP contribution in [0.1, 0.15) is 23.0 Å². The third kappa shape index (κ3) is 5.98. The van der Waals surface area contributed by atoms with Gasteiger partial charge in [0.25, 0.3) is 15.9 Å². The number of carbonyl (C=O) groups excluding carboxylic acids is 2. The lowest BCUT2D eigenvalue weighted by Crippen LogP contribution is -2.30. The molecule has 10 nitrogen and oxygen atoms in total. The molecule has 3 aromatic carbocycles. The van der Waals surface area contributed by atoms with Crippen LogP contribution in [0.4, 0.5) is 11.6 Å². The van der Waals surface area contributed by atoms with Gasteiger partial charge in [-0.2, -0.15) is 0 Å². The van der Waals surface area contributed by atoms with Gasteiger partial charge in [-0.25, -0.2) is 32.9 Å². The van der Waals surface area contributed by atoms with Crippen molar-refractivity contribution in [2.24, 2.45) is 0 Å². The average Bonchev–Trinajstić information content (AvgIpc) is 3.37. The number of nitrogens with one attached hydrogen (secondary N) is 2. The van der Waals surface area contributed by atoms with Crippen molar-refractivity contribution in [2.45, 2.75) is 24.8 Å². The summed E-state index contributed by atoms with van der Waals surface area (Å²) in [5.41, 5.74) is 2.68. The minimum atomic E-state index is -3.94. The van der Waals surface area contributed by atoms with Gasteiger partial charge >= 0.3 is 5.97 Å². The molecule has 0 radical (unpaired) electrons. The molecule has 2 heterocycles. The van der Waals surface area contributed by atoms with E-state index in [1.807, 2.05) is 30.3 Å². The number of aryl methyl sites for hydroxylation is 1. The number of aromatic nitrogens is 3. The first-order chi connectivity index (χ1) is 19.2. The van der Waals surface area contributed by atoms with Crippen LogP contribution >= 0.6 is 11.3 Å². The Labute approximate surface area is 234 Å². The molecule has 202 valence electrons. The molecule has 1 atom stereocenters. The molecule has 0 aliphatic rings. The van der Waals surface area contributed by atoms with E-state index in [1.54, 1.807) is 31.2 Å². The number of hydrogen-bond acceptors (Lipinski definition) is 9. The van der Waals surface area contributed by atoms with Crippen molar-refractivity contribution in [2.75, 3.05) is 10.0 Å². The molecule has 5 rings (SSSR count). The molecule has 1 unspecified atom stereocenters. The smallest absolute Gasteiger partial charge is 0.339 e. The number of hydrogen-bond donors (Lipinski definition) is 2. The van der Waals surface area contributed by atoms with E-state index in [4.69, 9.17) is 4.74 Å². The summed E-state index contributed by atoms with van der Waals surface area (Å²) in [7, 11) is -3.94. The van der Waals surface area contributed by atoms with E-state index in [0.717, 1.165) is 10.2 Å². The highest BCUT2D eigenvalue weighted by Crippen LogP contribution is 2.32. The number of carbonyl (C=O) groups is 2. The number of benzene rings is 3. The summed E-state index contributed by atoms with van der Waals surface area (Å²) in [5, 5.41) is 3.30. The van der Waals surface area contributed by atoms with E-state index < -0.39 is 28.0 Å². The predicted molar refractivity (Wildman–Crippen MR) is 153 cm³/mol. The first kappa shape index (κ1) is 26.9. The Bertz CT molecular complexity index is 1790. The number of nitrogens with zero attached hydrogens (tertiary/aromatic N) is 3. The molecule has 2 N–H and O–H groups in total. The molecule has 0 fully saturated rings. The van der Waals surface area contributed by atoms with Gasteiger partial charge in [0, 0.05) is 23.1 Å². The number of amides is 1. The monoisotopic (exact) mass is 573 g/mol. The summed E-state index contributed by atoms with van der Waals surface area (Å²) in [6, 6.07) is 21.8. The van der Waals surface area contributed by atoms with Crippen molar-refractivity contribution < 1.29 is 22.7 Å². The van der Waals surface area contributed by atoms with Crippen molar-refractivity contribution in [3.8, 4) is 10.6 Å². The van der Waals surface area contributed by atoms with E-state index in [2.05, 4.69) is 25.0 Å². The zero-order valence-electron chi connectivity index (χ0n) is 21.4. The maximum atomic E-state index is 13.0. The van der Waals surface area contributed by atoms with E-state index in [-0.39, 0.29) is 10.8 Å². The molecule has 0 aliphatic heterocycles. The predicted octanol–water partition coefficient (Wildman–Crippen LogP) is 5.05. The van der Waals surface area contributed by atoms with Gasteiger partial charge in [0.15, 0.2) is 6.10 Å². The van der Waals surface area contributed by atoms with Crippen LogP contribution in [0.3, 0.4) is 0 Å². The number of rotatable bonds is 8. The fourth-order valence-electron chi connectivity index (χ4n) is 3.75. The molecule has 0 spiro atoms. The van der Waals surface area contributed by atoms with Crippen molar-refractivity contribution >= 4 is 55.1 Å². The van der Waals surface area contributed by atoms with Crippen molar-refractivity contribution in [3.05, 3.63) is 96.3 Å². The second-order valence-electron chi connectivity index (χ2n) is 8.72. The SMILES string of the molecule is Cc1ccnc(NS(=O)(=O)c2ccc(NC(=O)C(C)OC(=O)c3ccccc3-c3nc4ccccc4s3)cc2)n1. The second kappa shape index (κ2) is 11.2. The highest BCUT2D eigenvalue weighted by molar-refractivity contribution is 7.92.